The zero-order chi connectivity index (χ0) is 21.6. The number of rotatable bonds is 7. The molecule has 0 aliphatic heterocycles. The summed E-state index contributed by atoms with van der Waals surface area (Å²) < 4.78 is 16.0. The van der Waals surface area contributed by atoms with Gasteiger partial charge >= 0.3 is 0 Å². The molecule has 7 nitrogen and oxygen atoms in total. The highest BCUT2D eigenvalue weighted by Crippen LogP contribution is 2.25. The van der Waals surface area contributed by atoms with Crippen molar-refractivity contribution in [1.29, 1.82) is 0 Å². The van der Waals surface area contributed by atoms with Gasteiger partial charge in [0.2, 0.25) is 5.82 Å². The molecule has 31 heavy (non-hydrogen) atoms. The molecule has 0 aliphatic carbocycles. The van der Waals surface area contributed by atoms with Crippen molar-refractivity contribution in [3.63, 3.8) is 0 Å². The van der Waals surface area contributed by atoms with Crippen molar-refractivity contribution in [2.75, 3.05) is 19.0 Å². The van der Waals surface area contributed by atoms with E-state index >= 15 is 0 Å². The minimum atomic E-state index is -0.199. The Bertz CT molecular complexity index is 1150. The van der Waals surface area contributed by atoms with Gasteiger partial charge in [0.25, 0.3) is 11.8 Å². The van der Waals surface area contributed by atoms with Gasteiger partial charge in [-0.15, -0.1) is 0 Å². The molecule has 1 aromatic heterocycles. The fraction of sp³-hybridized carbons (Fsp3) is 0.125. The lowest BCUT2D eigenvalue weighted by Gasteiger charge is -2.07. The van der Waals surface area contributed by atoms with Gasteiger partial charge in [-0.25, -0.2) is 0 Å². The number of hydrogen-bond donors (Lipinski definition) is 1. The molecule has 0 atom stereocenters. The van der Waals surface area contributed by atoms with Crippen LogP contribution >= 0.6 is 0 Å². The fourth-order valence-electron chi connectivity index (χ4n) is 2.97. The van der Waals surface area contributed by atoms with Crippen LogP contribution in [0.5, 0.6) is 11.5 Å². The average molecular weight is 415 g/mol. The number of benzene rings is 3. The number of nitrogens with one attached hydrogen (secondary N) is 1. The monoisotopic (exact) mass is 415 g/mol. The number of carbonyl (C=O) groups excluding carboxylic acids is 1. The van der Waals surface area contributed by atoms with Crippen molar-refractivity contribution in [1.82, 2.24) is 10.1 Å². The molecule has 1 heterocycles. The standard InChI is InChI=1S/C24H21N3O4/c1-3-30-21-14-8-17(9-15-21)23(28)25-19-10-4-18(5-11-19)24-26-22(27-31-24)16-6-12-20(29-2)13-7-16/h4-15H,3H2,1-2H3,(H,25,28). The number of hydrogen-bond acceptors (Lipinski definition) is 6. The highest BCUT2D eigenvalue weighted by atomic mass is 16.5. The molecule has 0 aliphatic rings. The van der Waals surface area contributed by atoms with Gasteiger partial charge in [0.05, 0.1) is 13.7 Å². The highest BCUT2D eigenvalue weighted by Gasteiger charge is 2.12. The number of carbonyl (C=O) groups is 1. The van der Waals surface area contributed by atoms with E-state index in [0.29, 0.717) is 29.6 Å². The first-order valence-corrected chi connectivity index (χ1v) is 9.79. The quantitative estimate of drug-likeness (QED) is 0.454. The Balaban J connectivity index is 1.43. The number of amides is 1. The summed E-state index contributed by atoms with van der Waals surface area (Å²) in [4.78, 5) is 16.9. The molecule has 3 aromatic carbocycles. The zero-order valence-electron chi connectivity index (χ0n) is 17.2. The van der Waals surface area contributed by atoms with Crippen LogP contribution in [-0.4, -0.2) is 29.8 Å². The third kappa shape index (κ3) is 4.72. The lowest BCUT2D eigenvalue weighted by Crippen LogP contribution is -2.11. The first-order chi connectivity index (χ1) is 15.2. The summed E-state index contributed by atoms with van der Waals surface area (Å²) in [5, 5.41) is 6.91. The summed E-state index contributed by atoms with van der Waals surface area (Å²) in [5.41, 5.74) is 2.80. The Kier molecular flexibility index (Phi) is 5.93. The van der Waals surface area contributed by atoms with Gasteiger partial charge in [-0.3, -0.25) is 4.79 Å². The summed E-state index contributed by atoms with van der Waals surface area (Å²) >= 11 is 0. The first kappa shape index (κ1) is 20.2. The third-order valence-electron chi connectivity index (χ3n) is 4.59. The topological polar surface area (TPSA) is 86.5 Å². The van der Waals surface area contributed by atoms with Crippen molar-refractivity contribution in [3.8, 4) is 34.3 Å². The SMILES string of the molecule is CCOc1ccc(C(=O)Nc2ccc(-c3nc(-c4ccc(OC)cc4)no3)cc2)cc1. The maximum atomic E-state index is 12.4. The van der Waals surface area contributed by atoms with Gasteiger partial charge in [0.1, 0.15) is 11.5 Å². The van der Waals surface area contributed by atoms with Crippen LogP contribution in [0.3, 0.4) is 0 Å². The van der Waals surface area contributed by atoms with Crippen molar-refractivity contribution in [2.24, 2.45) is 0 Å². The summed E-state index contributed by atoms with van der Waals surface area (Å²) in [6, 6.07) is 21.6. The summed E-state index contributed by atoms with van der Waals surface area (Å²) in [6.45, 7) is 2.50. The van der Waals surface area contributed by atoms with Crippen molar-refractivity contribution in [3.05, 3.63) is 78.4 Å². The molecular formula is C24H21N3O4. The predicted molar refractivity (Wildman–Crippen MR) is 117 cm³/mol. The molecule has 0 saturated heterocycles. The molecule has 0 radical (unpaired) electrons. The molecule has 0 bridgehead atoms. The molecule has 156 valence electrons. The normalized spacial score (nSPS) is 10.5. The van der Waals surface area contributed by atoms with Crippen molar-refractivity contribution >= 4 is 11.6 Å². The number of aromatic nitrogens is 2. The van der Waals surface area contributed by atoms with Crippen molar-refractivity contribution < 1.29 is 18.8 Å². The summed E-state index contributed by atoms with van der Waals surface area (Å²) in [5.74, 6) is 2.18. The van der Waals surface area contributed by atoms with E-state index in [-0.39, 0.29) is 5.91 Å². The zero-order valence-corrected chi connectivity index (χ0v) is 17.2. The van der Waals surface area contributed by atoms with Gasteiger partial charge in [-0.2, -0.15) is 4.98 Å². The Morgan fingerprint density at radius 3 is 2.19 bits per heavy atom. The van der Waals surface area contributed by atoms with E-state index < -0.39 is 0 Å². The second kappa shape index (κ2) is 9.13. The predicted octanol–water partition coefficient (Wildman–Crippen LogP) is 5.06. The summed E-state index contributed by atoms with van der Waals surface area (Å²) in [6.07, 6.45) is 0. The highest BCUT2D eigenvalue weighted by molar-refractivity contribution is 6.04. The molecule has 7 heteroatoms. The Morgan fingerprint density at radius 2 is 1.55 bits per heavy atom. The van der Waals surface area contributed by atoms with Gasteiger partial charge < -0.3 is 19.3 Å². The maximum absolute atomic E-state index is 12.4. The van der Waals surface area contributed by atoms with Gasteiger partial charge in [-0.1, -0.05) is 5.16 Å². The third-order valence-corrected chi connectivity index (χ3v) is 4.59. The largest absolute Gasteiger partial charge is 0.497 e. The second-order valence-electron chi connectivity index (χ2n) is 6.64. The van der Waals surface area contributed by atoms with Crippen LogP contribution in [0.1, 0.15) is 17.3 Å². The van der Waals surface area contributed by atoms with Gasteiger partial charge in [0.15, 0.2) is 0 Å². The fourth-order valence-corrected chi connectivity index (χ4v) is 2.97. The number of anilines is 1. The van der Waals surface area contributed by atoms with E-state index in [0.717, 1.165) is 22.6 Å². The number of ether oxygens (including phenoxy) is 2. The van der Waals surface area contributed by atoms with Crippen LogP contribution in [0.25, 0.3) is 22.8 Å². The lowest BCUT2D eigenvalue weighted by molar-refractivity contribution is 0.102. The minimum Gasteiger partial charge on any atom is -0.497 e. The van der Waals surface area contributed by atoms with E-state index in [1.807, 2.05) is 43.3 Å². The van der Waals surface area contributed by atoms with Crippen molar-refractivity contribution in [2.45, 2.75) is 6.92 Å². The van der Waals surface area contributed by atoms with Gasteiger partial charge in [-0.05, 0) is 79.7 Å². The van der Waals surface area contributed by atoms with E-state index in [9.17, 15) is 4.79 Å². The Labute approximate surface area is 179 Å². The first-order valence-electron chi connectivity index (χ1n) is 9.79. The average Bonchev–Trinajstić information content (AvgIpc) is 3.31. The summed E-state index contributed by atoms with van der Waals surface area (Å²) in [7, 11) is 1.62. The van der Waals surface area contributed by atoms with Crippen LogP contribution in [0, 0.1) is 0 Å². The van der Waals surface area contributed by atoms with E-state index in [1.165, 1.54) is 0 Å². The van der Waals surface area contributed by atoms with Crippen LogP contribution in [-0.2, 0) is 0 Å². The lowest BCUT2D eigenvalue weighted by atomic mass is 10.1. The van der Waals surface area contributed by atoms with Crippen LogP contribution in [0.15, 0.2) is 77.3 Å². The van der Waals surface area contributed by atoms with Crippen LogP contribution in [0.4, 0.5) is 5.69 Å². The van der Waals surface area contributed by atoms with Crippen LogP contribution < -0.4 is 14.8 Å². The molecule has 0 fully saturated rings. The Hall–Kier alpha value is -4.13. The molecular weight excluding hydrogens is 394 g/mol. The molecule has 0 spiro atoms. The molecule has 1 amide bonds. The number of methoxy groups -OCH3 is 1. The van der Waals surface area contributed by atoms with E-state index in [4.69, 9.17) is 14.0 Å². The molecule has 0 unspecified atom stereocenters. The minimum absolute atomic E-state index is 0.199. The molecule has 4 rings (SSSR count). The molecule has 4 aromatic rings. The number of nitrogens with zero attached hydrogens (tertiary/aromatic N) is 2. The van der Waals surface area contributed by atoms with E-state index in [1.54, 1.807) is 43.5 Å². The van der Waals surface area contributed by atoms with E-state index in [2.05, 4.69) is 15.5 Å². The second-order valence-corrected chi connectivity index (χ2v) is 6.64. The smallest absolute Gasteiger partial charge is 0.258 e. The molecule has 1 N–H and O–H groups in total. The molecule has 0 saturated carbocycles. The van der Waals surface area contributed by atoms with Gasteiger partial charge in [0, 0.05) is 22.4 Å². The Morgan fingerprint density at radius 1 is 0.903 bits per heavy atom. The van der Waals surface area contributed by atoms with Crippen LogP contribution in [0.2, 0.25) is 0 Å². The maximum Gasteiger partial charge on any atom is 0.258 e.